The van der Waals surface area contributed by atoms with Crippen LogP contribution in [-0.2, 0) is 19.6 Å². The van der Waals surface area contributed by atoms with Gasteiger partial charge in [-0.1, -0.05) is 74.5 Å². The summed E-state index contributed by atoms with van der Waals surface area (Å²) in [5, 5.41) is 12.4. The Kier molecular flexibility index (Phi) is 8.97. The van der Waals surface area contributed by atoms with E-state index in [4.69, 9.17) is 9.15 Å². The molecule has 0 aliphatic rings. The van der Waals surface area contributed by atoms with Crippen LogP contribution in [0.1, 0.15) is 29.8 Å². The van der Waals surface area contributed by atoms with E-state index in [9.17, 15) is 27.7 Å². The number of ether oxygens (including phenoxy) is 1. The largest absolute Gasteiger partial charge is 0.452 e. The van der Waals surface area contributed by atoms with Crippen LogP contribution in [0.15, 0.2) is 88.2 Å². The van der Waals surface area contributed by atoms with Crippen LogP contribution in [0.25, 0.3) is 22.5 Å². The molecule has 0 aliphatic carbocycles. The van der Waals surface area contributed by atoms with Gasteiger partial charge in [0.1, 0.15) is 28.1 Å². The summed E-state index contributed by atoms with van der Waals surface area (Å²) in [7, 11) is -4.19. The SMILES string of the molecule is CCN(CC)S(=O)(=O)c1cc(C(=O)OCC(=O)Nc2oc(-c3ccccc3)c(-c3ccccc3)c2C#N)ccc1F. The maximum Gasteiger partial charge on any atom is 0.338 e. The third kappa shape index (κ3) is 6.19. The molecule has 0 saturated carbocycles. The van der Waals surface area contributed by atoms with E-state index in [1.54, 1.807) is 26.0 Å². The molecular weight excluding hydrogens is 549 g/mol. The Morgan fingerprint density at radius 2 is 1.59 bits per heavy atom. The molecule has 4 rings (SSSR count). The van der Waals surface area contributed by atoms with Gasteiger partial charge in [0.25, 0.3) is 5.91 Å². The molecule has 0 aliphatic heterocycles. The fraction of sp³-hybridized carbons (Fsp3) is 0.167. The third-order valence-electron chi connectivity index (χ3n) is 6.20. The van der Waals surface area contributed by atoms with Crippen LogP contribution >= 0.6 is 0 Å². The highest BCUT2D eigenvalue weighted by Gasteiger charge is 2.28. The zero-order valence-corrected chi connectivity index (χ0v) is 23.1. The van der Waals surface area contributed by atoms with Crippen molar-refractivity contribution in [2.75, 3.05) is 25.0 Å². The molecule has 41 heavy (non-hydrogen) atoms. The van der Waals surface area contributed by atoms with Crippen LogP contribution in [0.5, 0.6) is 0 Å². The number of nitriles is 1. The van der Waals surface area contributed by atoms with Crippen LogP contribution in [0.3, 0.4) is 0 Å². The molecule has 0 unspecified atom stereocenters. The van der Waals surface area contributed by atoms with E-state index < -0.39 is 39.2 Å². The number of nitrogens with one attached hydrogen (secondary N) is 1. The number of furan rings is 1. The molecule has 0 radical (unpaired) electrons. The zero-order valence-electron chi connectivity index (χ0n) is 22.3. The lowest BCUT2D eigenvalue weighted by atomic mass is 9.98. The molecule has 1 heterocycles. The Bertz CT molecular complexity index is 1710. The Morgan fingerprint density at radius 1 is 0.976 bits per heavy atom. The van der Waals surface area contributed by atoms with Crippen molar-refractivity contribution < 1.29 is 31.6 Å². The minimum atomic E-state index is -4.19. The van der Waals surface area contributed by atoms with E-state index >= 15 is 0 Å². The summed E-state index contributed by atoms with van der Waals surface area (Å²) in [4.78, 5) is 24.7. The normalized spacial score (nSPS) is 11.2. The van der Waals surface area contributed by atoms with Gasteiger partial charge >= 0.3 is 5.97 Å². The van der Waals surface area contributed by atoms with E-state index in [0.717, 1.165) is 22.5 Å². The molecule has 1 amide bonds. The van der Waals surface area contributed by atoms with Crippen molar-refractivity contribution in [1.29, 1.82) is 5.26 Å². The zero-order chi connectivity index (χ0) is 29.6. The summed E-state index contributed by atoms with van der Waals surface area (Å²) < 4.78 is 52.0. The standard InChI is InChI=1S/C30H26FN3O6S/c1-3-34(4-2)41(37,38)25-17-22(15-16-24(25)31)30(36)39-19-26(35)33-29-23(18-32)27(20-11-7-5-8-12-20)28(40-29)21-13-9-6-10-14-21/h5-17H,3-4,19H2,1-2H3,(H,33,35). The summed E-state index contributed by atoms with van der Waals surface area (Å²) in [6, 6.07) is 23.0. The van der Waals surface area contributed by atoms with Crippen molar-refractivity contribution in [2.24, 2.45) is 0 Å². The van der Waals surface area contributed by atoms with E-state index in [-0.39, 0.29) is 30.1 Å². The summed E-state index contributed by atoms with van der Waals surface area (Å²) in [5.41, 5.74) is 1.70. The Balaban J connectivity index is 1.56. The summed E-state index contributed by atoms with van der Waals surface area (Å²) in [6.07, 6.45) is 0. The molecule has 0 fully saturated rings. The first-order valence-corrected chi connectivity index (χ1v) is 14.1. The molecule has 4 aromatic rings. The van der Waals surface area contributed by atoms with Gasteiger partial charge < -0.3 is 9.15 Å². The highest BCUT2D eigenvalue weighted by molar-refractivity contribution is 7.89. The molecule has 1 aromatic heterocycles. The van der Waals surface area contributed by atoms with E-state index in [1.165, 1.54) is 0 Å². The average Bonchev–Trinajstić information content (AvgIpc) is 3.35. The quantitative estimate of drug-likeness (QED) is 0.249. The number of benzene rings is 3. The topological polar surface area (TPSA) is 130 Å². The molecule has 9 nitrogen and oxygen atoms in total. The lowest BCUT2D eigenvalue weighted by Gasteiger charge is -2.19. The van der Waals surface area contributed by atoms with Crippen LogP contribution in [0.2, 0.25) is 0 Å². The predicted octanol–water partition coefficient (Wildman–Crippen LogP) is 5.45. The predicted molar refractivity (Wildman–Crippen MR) is 150 cm³/mol. The lowest BCUT2D eigenvalue weighted by Crippen LogP contribution is -2.31. The maximum absolute atomic E-state index is 14.4. The second-order valence-corrected chi connectivity index (χ2v) is 10.6. The number of nitrogens with zero attached hydrogens (tertiary/aromatic N) is 2. The fourth-order valence-electron chi connectivity index (χ4n) is 4.21. The monoisotopic (exact) mass is 575 g/mol. The van der Waals surface area contributed by atoms with Crippen LogP contribution in [-0.4, -0.2) is 44.3 Å². The van der Waals surface area contributed by atoms with Gasteiger partial charge in [-0.15, -0.1) is 0 Å². The van der Waals surface area contributed by atoms with Gasteiger partial charge in [0.2, 0.25) is 15.9 Å². The van der Waals surface area contributed by atoms with Crippen molar-refractivity contribution in [1.82, 2.24) is 4.31 Å². The van der Waals surface area contributed by atoms with E-state index in [0.29, 0.717) is 22.5 Å². The van der Waals surface area contributed by atoms with Crippen LogP contribution in [0.4, 0.5) is 10.3 Å². The van der Waals surface area contributed by atoms with Gasteiger partial charge in [0.15, 0.2) is 6.61 Å². The number of halogens is 1. The van der Waals surface area contributed by atoms with Crippen molar-refractivity contribution in [3.63, 3.8) is 0 Å². The van der Waals surface area contributed by atoms with Gasteiger partial charge in [-0.25, -0.2) is 17.6 Å². The number of esters is 1. The summed E-state index contributed by atoms with van der Waals surface area (Å²) >= 11 is 0. The number of hydrogen-bond donors (Lipinski definition) is 1. The van der Waals surface area contributed by atoms with Crippen molar-refractivity contribution >= 4 is 27.8 Å². The number of carbonyl (C=O) groups excluding carboxylic acids is 2. The summed E-state index contributed by atoms with van der Waals surface area (Å²) in [5.74, 6) is -2.61. The minimum Gasteiger partial charge on any atom is -0.452 e. The lowest BCUT2D eigenvalue weighted by molar-refractivity contribution is -0.119. The third-order valence-corrected chi connectivity index (χ3v) is 8.26. The molecule has 0 atom stereocenters. The number of amides is 1. The van der Waals surface area contributed by atoms with Crippen LogP contribution < -0.4 is 5.32 Å². The molecule has 1 N–H and O–H groups in total. The van der Waals surface area contributed by atoms with Gasteiger partial charge in [0.05, 0.1) is 5.56 Å². The molecule has 210 valence electrons. The second kappa shape index (κ2) is 12.6. The second-order valence-electron chi connectivity index (χ2n) is 8.71. The smallest absolute Gasteiger partial charge is 0.338 e. The highest BCUT2D eigenvalue weighted by atomic mass is 32.2. The van der Waals surface area contributed by atoms with Crippen molar-refractivity contribution in [3.8, 4) is 28.5 Å². The van der Waals surface area contributed by atoms with Gasteiger partial charge in [-0.05, 0) is 23.8 Å². The molecule has 0 bridgehead atoms. The molecule has 0 saturated heterocycles. The maximum atomic E-state index is 14.4. The number of anilines is 1. The Labute approximate surface area is 236 Å². The first-order chi connectivity index (χ1) is 19.7. The van der Waals surface area contributed by atoms with Gasteiger partial charge in [-0.3, -0.25) is 10.1 Å². The van der Waals surface area contributed by atoms with Gasteiger partial charge in [-0.2, -0.15) is 9.57 Å². The van der Waals surface area contributed by atoms with Crippen molar-refractivity contribution in [3.05, 3.63) is 95.8 Å². The van der Waals surface area contributed by atoms with Crippen molar-refractivity contribution in [2.45, 2.75) is 18.7 Å². The fourth-order valence-corrected chi connectivity index (χ4v) is 5.76. The van der Waals surface area contributed by atoms with Gasteiger partial charge in [0, 0.05) is 24.2 Å². The molecular formula is C30H26FN3O6S. The molecule has 3 aromatic carbocycles. The van der Waals surface area contributed by atoms with E-state index in [2.05, 4.69) is 11.4 Å². The first kappa shape index (κ1) is 29.2. The molecule has 0 spiro atoms. The number of rotatable bonds is 10. The Hall–Kier alpha value is -4.79. The number of hydrogen-bond acceptors (Lipinski definition) is 7. The highest BCUT2D eigenvalue weighted by Crippen LogP contribution is 2.41. The molecule has 11 heteroatoms. The first-order valence-electron chi connectivity index (χ1n) is 12.7. The Morgan fingerprint density at radius 3 is 2.17 bits per heavy atom. The van der Waals surface area contributed by atoms with Crippen LogP contribution in [0, 0.1) is 17.1 Å². The number of sulfonamides is 1. The summed E-state index contributed by atoms with van der Waals surface area (Å²) in [6.45, 7) is 2.67. The average molecular weight is 576 g/mol. The van der Waals surface area contributed by atoms with E-state index in [1.807, 2.05) is 48.5 Å². The minimum absolute atomic E-state index is 0.0829. The number of carbonyl (C=O) groups is 2.